The van der Waals surface area contributed by atoms with Crippen molar-refractivity contribution in [1.82, 2.24) is 9.88 Å². The van der Waals surface area contributed by atoms with E-state index >= 15 is 0 Å². The summed E-state index contributed by atoms with van der Waals surface area (Å²) < 4.78 is 0. The summed E-state index contributed by atoms with van der Waals surface area (Å²) in [5, 5.41) is 0. The number of aromatic nitrogens is 1. The zero-order chi connectivity index (χ0) is 18.6. The Morgan fingerprint density at radius 1 is 1.24 bits per heavy atom. The molecule has 0 unspecified atom stereocenters. The predicted octanol–water partition coefficient (Wildman–Crippen LogP) is 3.80. The molecule has 0 aliphatic carbocycles. The minimum Gasteiger partial charge on any atom is -0.387 e. The van der Waals surface area contributed by atoms with Gasteiger partial charge in [0.2, 0.25) is 5.91 Å². The molecular weight excluding hydrogens is 312 g/mol. The van der Waals surface area contributed by atoms with E-state index in [9.17, 15) is 4.79 Å². The Morgan fingerprint density at radius 3 is 2.44 bits per heavy atom. The van der Waals surface area contributed by atoms with Gasteiger partial charge >= 0.3 is 0 Å². The summed E-state index contributed by atoms with van der Waals surface area (Å²) in [7, 11) is 0. The van der Waals surface area contributed by atoms with Gasteiger partial charge in [0.1, 0.15) is 5.84 Å². The second-order valence-corrected chi connectivity index (χ2v) is 7.62. The van der Waals surface area contributed by atoms with Gasteiger partial charge in [0.05, 0.1) is 11.4 Å². The predicted molar refractivity (Wildman–Crippen MR) is 104 cm³/mol. The fourth-order valence-electron chi connectivity index (χ4n) is 2.88. The van der Waals surface area contributed by atoms with Crippen LogP contribution in [0.15, 0.2) is 22.8 Å². The second-order valence-electron chi connectivity index (χ2n) is 7.62. The zero-order valence-corrected chi connectivity index (χ0v) is 16.1. The first-order chi connectivity index (χ1) is 11.8. The minimum absolute atomic E-state index is 0.0139. The maximum Gasteiger partial charge on any atom is 0.250 e. The number of amidine groups is 1. The third-order valence-electron chi connectivity index (χ3n) is 4.26. The van der Waals surface area contributed by atoms with Gasteiger partial charge in [-0.1, -0.05) is 34.6 Å². The molecule has 1 aromatic heterocycles. The molecule has 0 saturated heterocycles. The molecule has 0 aromatic carbocycles. The SMILES string of the molecule is CCCN(CCC)C(=O)C1=Cc2ncc(C(C)(C)C)cc2N=C(N)C1. The van der Waals surface area contributed by atoms with Crippen LogP contribution in [0.3, 0.4) is 0 Å². The number of carbonyl (C=O) groups excluding carboxylic acids is 1. The molecule has 1 aliphatic heterocycles. The van der Waals surface area contributed by atoms with Gasteiger partial charge in [0, 0.05) is 31.3 Å². The molecule has 25 heavy (non-hydrogen) atoms. The number of nitrogens with two attached hydrogens (primary N) is 1. The molecule has 2 heterocycles. The largest absolute Gasteiger partial charge is 0.387 e. The molecule has 2 rings (SSSR count). The van der Waals surface area contributed by atoms with Crippen molar-refractivity contribution in [2.75, 3.05) is 13.1 Å². The van der Waals surface area contributed by atoms with Crippen LogP contribution in [0.4, 0.5) is 5.69 Å². The van der Waals surface area contributed by atoms with Crippen LogP contribution in [0.2, 0.25) is 0 Å². The third-order valence-corrected chi connectivity index (χ3v) is 4.26. The van der Waals surface area contributed by atoms with Crippen LogP contribution in [0.5, 0.6) is 0 Å². The summed E-state index contributed by atoms with van der Waals surface area (Å²) in [6.45, 7) is 12.1. The normalized spacial score (nSPS) is 14.3. The maximum absolute atomic E-state index is 12.9. The number of hydrogen-bond donors (Lipinski definition) is 1. The maximum atomic E-state index is 12.9. The minimum atomic E-state index is -0.0139. The van der Waals surface area contributed by atoms with Gasteiger partial charge in [-0.05, 0) is 36.0 Å². The molecule has 5 heteroatoms. The Hall–Kier alpha value is -2.17. The molecule has 0 spiro atoms. The average molecular weight is 342 g/mol. The lowest BCUT2D eigenvalue weighted by Crippen LogP contribution is -2.34. The number of carbonyl (C=O) groups is 1. The molecule has 0 fully saturated rings. The average Bonchev–Trinajstić information content (AvgIpc) is 2.70. The molecule has 0 saturated carbocycles. The highest BCUT2D eigenvalue weighted by molar-refractivity contribution is 6.05. The van der Waals surface area contributed by atoms with Crippen molar-refractivity contribution in [3.05, 3.63) is 29.1 Å². The van der Waals surface area contributed by atoms with Crippen LogP contribution in [0, 0.1) is 0 Å². The number of amides is 1. The van der Waals surface area contributed by atoms with Crippen molar-refractivity contribution in [2.45, 2.75) is 59.3 Å². The molecule has 2 N–H and O–H groups in total. The summed E-state index contributed by atoms with van der Waals surface area (Å²) in [6.07, 6.45) is 5.96. The van der Waals surface area contributed by atoms with Crippen LogP contribution in [0.1, 0.15) is 65.1 Å². The van der Waals surface area contributed by atoms with Crippen molar-refractivity contribution in [3.8, 4) is 0 Å². The van der Waals surface area contributed by atoms with Gasteiger partial charge in [-0.2, -0.15) is 0 Å². The van der Waals surface area contributed by atoms with E-state index in [0.29, 0.717) is 23.5 Å². The summed E-state index contributed by atoms with van der Waals surface area (Å²) in [5.74, 6) is 0.496. The van der Waals surface area contributed by atoms with E-state index in [1.807, 2.05) is 23.2 Å². The molecule has 0 radical (unpaired) electrons. The van der Waals surface area contributed by atoms with E-state index in [-0.39, 0.29) is 11.3 Å². The highest BCUT2D eigenvalue weighted by Crippen LogP contribution is 2.30. The molecular formula is C20H30N4O. The van der Waals surface area contributed by atoms with Crippen molar-refractivity contribution >= 4 is 23.5 Å². The molecule has 1 aromatic rings. The lowest BCUT2D eigenvalue weighted by atomic mass is 9.88. The third kappa shape index (κ3) is 4.68. The number of fused-ring (bicyclic) bond motifs is 1. The highest BCUT2D eigenvalue weighted by atomic mass is 16.2. The first-order valence-corrected chi connectivity index (χ1v) is 9.09. The Labute approximate surface area is 151 Å². The monoisotopic (exact) mass is 342 g/mol. The quantitative estimate of drug-likeness (QED) is 0.884. The molecule has 0 atom stereocenters. The zero-order valence-electron chi connectivity index (χ0n) is 16.1. The lowest BCUT2D eigenvalue weighted by Gasteiger charge is -2.22. The fourth-order valence-corrected chi connectivity index (χ4v) is 2.88. The number of aliphatic imine (C=N–C) groups is 1. The summed E-state index contributed by atoms with van der Waals surface area (Å²) in [5.41, 5.74) is 9.30. The van der Waals surface area contributed by atoms with Gasteiger partial charge in [0.25, 0.3) is 0 Å². The summed E-state index contributed by atoms with van der Waals surface area (Å²) in [6, 6.07) is 2.02. The lowest BCUT2D eigenvalue weighted by molar-refractivity contribution is -0.127. The van der Waals surface area contributed by atoms with Crippen LogP contribution in [-0.4, -0.2) is 34.7 Å². The Bertz CT molecular complexity index is 692. The molecule has 0 bridgehead atoms. The van der Waals surface area contributed by atoms with E-state index in [1.54, 1.807) is 0 Å². The van der Waals surface area contributed by atoms with E-state index < -0.39 is 0 Å². The van der Waals surface area contributed by atoms with E-state index in [2.05, 4.69) is 44.6 Å². The molecule has 5 nitrogen and oxygen atoms in total. The van der Waals surface area contributed by atoms with Crippen molar-refractivity contribution < 1.29 is 4.79 Å². The van der Waals surface area contributed by atoms with Crippen LogP contribution >= 0.6 is 0 Å². The summed E-state index contributed by atoms with van der Waals surface area (Å²) in [4.78, 5) is 23.9. The van der Waals surface area contributed by atoms with Crippen molar-refractivity contribution in [1.29, 1.82) is 0 Å². The van der Waals surface area contributed by atoms with Crippen LogP contribution < -0.4 is 5.73 Å². The summed E-state index contributed by atoms with van der Waals surface area (Å²) >= 11 is 0. The molecule has 1 amide bonds. The van der Waals surface area contributed by atoms with Crippen LogP contribution in [0.25, 0.3) is 6.08 Å². The highest BCUT2D eigenvalue weighted by Gasteiger charge is 2.22. The van der Waals surface area contributed by atoms with E-state index in [4.69, 9.17) is 5.73 Å². The van der Waals surface area contributed by atoms with Gasteiger partial charge < -0.3 is 10.6 Å². The van der Waals surface area contributed by atoms with Crippen molar-refractivity contribution in [2.24, 2.45) is 10.7 Å². The smallest absolute Gasteiger partial charge is 0.250 e. The van der Waals surface area contributed by atoms with E-state index in [0.717, 1.165) is 37.2 Å². The molecule has 1 aliphatic rings. The Morgan fingerprint density at radius 2 is 1.88 bits per heavy atom. The van der Waals surface area contributed by atoms with Gasteiger partial charge in [-0.3, -0.25) is 9.78 Å². The van der Waals surface area contributed by atoms with Gasteiger partial charge in [-0.25, -0.2) is 4.99 Å². The van der Waals surface area contributed by atoms with Gasteiger partial charge in [0.15, 0.2) is 0 Å². The number of rotatable bonds is 5. The first kappa shape index (κ1) is 19.2. The molecule has 136 valence electrons. The van der Waals surface area contributed by atoms with Crippen LogP contribution in [-0.2, 0) is 10.2 Å². The fraction of sp³-hybridized carbons (Fsp3) is 0.550. The second kappa shape index (κ2) is 7.81. The standard InChI is InChI=1S/C20H30N4O/c1-6-8-24(9-7-2)19(25)14-10-16-17(23-18(21)11-14)12-15(13-22-16)20(3,4)5/h10,12-13H,6-9,11H2,1-5H3,(H2,21,23). The Kier molecular flexibility index (Phi) is 5.98. The number of nitrogens with zero attached hydrogens (tertiary/aromatic N) is 3. The van der Waals surface area contributed by atoms with Gasteiger partial charge in [-0.15, -0.1) is 0 Å². The number of hydrogen-bond acceptors (Lipinski definition) is 4. The Balaban J connectivity index is 2.41. The van der Waals surface area contributed by atoms with E-state index in [1.165, 1.54) is 0 Å². The number of pyridine rings is 1. The first-order valence-electron chi connectivity index (χ1n) is 9.09. The topological polar surface area (TPSA) is 71.6 Å². The van der Waals surface area contributed by atoms with Crippen molar-refractivity contribution in [3.63, 3.8) is 0 Å².